The van der Waals surface area contributed by atoms with Crippen molar-refractivity contribution in [3.8, 4) is 11.5 Å². The van der Waals surface area contributed by atoms with E-state index in [2.05, 4.69) is 0 Å². The molecule has 7 nitrogen and oxygen atoms in total. The zero-order valence-corrected chi connectivity index (χ0v) is 21.1. The van der Waals surface area contributed by atoms with Gasteiger partial charge in [-0.05, 0) is 47.7 Å². The van der Waals surface area contributed by atoms with Crippen LogP contribution in [-0.4, -0.2) is 68.7 Å². The maximum Gasteiger partial charge on any atom is 0.257 e. The lowest BCUT2D eigenvalue weighted by atomic mass is 10.0. The number of amides is 2. The zero-order valence-electron chi connectivity index (χ0n) is 20.3. The Morgan fingerprint density at radius 3 is 2.69 bits per heavy atom. The van der Waals surface area contributed by atoms with Crippen molar-refractivity contribution >= 4 is 23.2 Å². The molecule has 36 heavy (non-hydrogen) atoms. The van der Waals surface area contributed by atoms with Crippen molar-refractivity contribution < 1.29 is 28.2 Å². The van der Waals surface area contributed by atoms with Crippen molar-refractivity contribution in [1.29, 1.82) is 0 Å². The summed E-state index contributed by atoms with van der Waals surface area (Å²) in [6, 6.07) is 14.8. The molecule has 1 atom stereocenters. The molecule has 1 aliphatic rings. The Kier molecular flexibility index (Phi) is 8.56. The van der Waals surface area contributed by atoms with Gasteiger partial charge in [0.25, 0.3) is 5.91 Å². The highest BCUT2D eigenvalue weighted by Crippen LogP contribution is 2.34. The van der Waals surface area contributed by atoms with E-state index in [1.807, 2.05) is 29.6 Å². The van der Waals surface area contributed by atoms with Crippen molar-refractivity contribution in [1.82, 2.24) is 9.80 Å². The van der Waals surface area contributed by atoms with Gasteiger partial charge in [-0.25, -0.2) is 4.39 Å². The third-order valence-electron chi connectivity index (χ3n) is 6.15. The molecule has 0 fully saturated rings. The van der Waals surface area contributed by atoms with E-state index in [4.69, 9.17) is 14.2 Å². The molecule has 2 amide bonds. The van der Waals surface area contributed by atoms with E-state index in [1.54, 1.807) is 35.5 Å². The number of hydrogen-bond donors (Lipinski definition) is 0. The Labute approximate surface area is 214 Å². The van der Waals surface area contributed by atoms with E-state index in [1.165, 1.54) is 35.1 Å². The monoisotopic (exact) mass is 512 g/mol. The number of thiophene rings is 1. The van der Waals surface area contributed by atoms with E-state index in [0.29, 0.717) is 18.0 Å². The average Bonchev–Trinajstić information content (AvgIpc) is 3.39. The van der Waals surface area contributed by atoms with Crippen LogP contribution in [0.3, 0.4) is 0 Å². The summed E-state index contributed by atoms with van der Waals surface area (Å²) in [6.07, 6.45) is 0.730. The largest absolute Gasteiger partial charge is 0.497 e. The van der Waals surface area contributed by atoms with Crippen LogP contribution in [-0.2, 0) is 16.0 Å². The van der Waals surface area contributed by atoms with Gasteiger partial charge < -0.3 is 24.0 Å². The average molecular weight is 513 g/mol. The van der Waals surface area contributed by atoms with E-state index in [0.717, 1.165) is 12.0 Å². The third-order valence-corrected chi connectivity index (χ3v) is 7.14. The Balaban J connectivity index is 1.53. The Bertz CT molecular complexity index is 1200. The molecule has 0 bridgehead atoms. The Morgan fingerprint density at radius 1 is 1.11 bits per heavy atom. The summed E-state index contributed by atoms with van der Waals surface area (Å²) in [5, 5.41) is 2.02. The molecule has 0 aliphatic carbocycles. The Hall–Kier alpha value is -3.43. The minimum Gasteiger partial charge on any atom is -0.497 e. The number of nitrogens with zero attached hydrogens (tertiary/aromatic N) is 2. The van der Waals surface area contributed by atoms with Gasteiger partial charge in [0, 0.05) is 31.1 Å². The van der Waals surface area contributed by atoms with Gasteiger partial charge in [0.2, 0.25) is 5.91 Å². The summed E-state index contributed by atoms with van der Waals surface area (Å²) >= 11 is 1.66. The first-order valence-electron chi connectivity index (χ1n) is 11.7. The van der Waals surface area contributed by atoms with Gasteiger partial charge in [0.15, 0.2) is 0 Å². The molecule has 2 heterocycles. The van der Waals surface area contributed by atoms with E-state index >= 15 is 0 Å². The van der Waals surface area contributed by atoms with Crippen molar-refractivity contribution in [3.63, 3.8) is 0 Å². The first-order chi connectivity index (χ1) is 17.5. The highest BCUT2D eigenvalue weighted by atomic mass is 32.1. The molecule has 4 rings (SSSR count). The molecule has 0 saturated heterocycles. The molecular weight excluding hydrogens is 483 g/mol. The second-order valence-electron chi connectivity index (χ2n) is 8.34. The van der Waals surface area contributed by atoms with Crippen LogP contribution in [0.1, 0.15) is 26.8 Å². The van der Waals surface area contributed by atoms with Crippen molar-refractivity contribution in [2.24, 2.45) is 0 Å². The summed E-state index contributed by atoms with van der Waals surface area (Å²) in [7, 11) is 3.11. The fourth-order valence-corrected chi connectivity index (χ4v) is 5.18. The van der Waals surface area contributed by atoms with Crippen LogP contribution in [0.5, 0.6) is 11.5 Å². The standard InChI is InChI=1S/C27H29FN2O5S/c1-33-14-13-29(27(32)21-8-3-4-9-23(21)28)17-26(31)30-12-10-25-22(11-15-36-25)24(30)18-35-20-7-5-6-19(16-20)34-2/h3-9,11,15-16,24H,10,12-14,17-18H2,1-2H3/t24-/m0/s1. The van der Waals surface area contributed by atoms with Gasteiger partial charge in [0.05, 0.1) is 25.3 Å². The van der Waals surface area contributed by atoms with Gasteiger partial charge in [-0.1, -0.05) is 18.2 Å². The van der Waals surface area contributed by atoms with Crippen LogP contribution < -0.4 is 9.47 Å². The van der Waals surface area contributed by atoms with Crippen LogP contribution in [0.25, 0.3) is 0 Å². The summed E-state index contributed by atoms with van der Waals surface area (Å²) < 4.78 is 30.8. The lowest BCUT2D eigenvalue weighted by Crippen LogP contribution is -2.48. The van der Waals surface area contributed by atoms with Crippen LogP contribution in [0.4, 0.5) is 4.39 Å². The molecule has 0 unspecified atom stereocenters. The molecular formula is C27H29FN2O5S. The quantitative estimate of drug-likeness (QED) is 0.408. The van der Waals surface area contributed by atoms with Gasteiger partial charge in [-0.15, -0.1) is 11.3 Å². The number of fused-ring (bicyclic) bond motifs is 1. The molecule has 0 spiro atoms. The molecule has 0 saturated carbocycles. The van der Waals surface area contributed by atoms with Crippen LogP contribution in [0, 0.1) is 5.82 Å². The van der Waals surface area contributed by atoms with Gasteiger partial charge in [-0.3, -0.25) is 9.59 Å². The first-order valence-corrected chi connectivity index (χ1v) is 12.5. The molecule has 9 heteroatoms. The van der Waals surface area contributed by atoms with Crippen LogP contribution >= 0.6 is 11.3 Å². The van der Waals surface area contributed by atoms with Crippen molar-refractivity contribution in [2.75, 3.05) is 47.1 Å². The fraction of sp³-hybridized carbons (Fsp3) is 0.333. The molecule has 1 aromatic heterocycles. The molecule has 1 aliphatic heterocycles. The number of benzene rings is 2. The number of methoxy groups -OCH3 is 2. The van der Waals surface area contributed by atoms with Gasteiger partial charge in [-0.2, -0.15) is 0 Å². The zero-order chi connectivity index (χ0) is 25.5. The molecule has 3 aromatic rings. The maximum atomic E-state index is 14.3. The first kappa shape index (κ1) is 25.7. The van der Waals surface area contributed by atoms with E-state index < -0.39 is 11.7 Å². The van der Waals surface area contributed by atoms with Crippen LogP contribution in [0.2, 0.25) is 0 Å². The second kappa shape index (κ2) is 12.0. The van der Waals surface area contributed by atoms with Crippen LogP contribution in [0.15, 0.2) is 60.0 Å². The maximum absolute atomic E-state index is 14.3. The summed E-state index contributed by atoms with van der Waals surface area (Å²) in [4.78, 5) is 31.0. The lowest BCUT2D eigenvalue weighted by molar-refractivity contribution is -0.135. The second-order valence-corrected chi connectivity index (χ2v) is 9.34. The topological polar surface area (TPSA) is 68.3 Å². The number of rotatable bonds is 10. The summed E-state index contributed by atoms with van der Waals surface area (Å²) in [5.41, 5.74) is 0.976. The Morgan fingerprint density at radius 2 is 1.92 bits per heavy atom. The normalized spacial score (nSPS) is 14.8. The predicted molar refractivity (Wildman–Crippen MR) is 135 cm³/mol. The number of hydrogen-bond acceptors (Lipinski definition) is 6. The predicted octanol–water partition coefficient (Wildman–Crippen LogP) is 4.19. The highest BCUT2D eigenvalue weighted by Gasteiger charge is 2.34. The smallest absolute Gasteiger partial charge is 0.257 e. The van der Waals surface area contributed by atoms with Gasteiger partial charge >= 0.3 is 0 Å². The molecule has 2 aromatic carbocycles. The highest BCUT2D eigenvalue weighted by molar-refractivity contribution is 7.10. The number of ether oxygens (including phenoxy) is 3. The van der Waals surface area contributed by atoms with Crippen molar-refractivity contribution in [2.45, 2.75) is 12.5 Å². The van der Waals surface area contributed by atoms with E-state index in [-0.39, 0.29) is 43.8 Å². The molecule has 190 valence electrons. The third kappa shape index (κ3) is 5.85. The minimum atomic E-state index is -0.622. The molecule has 0 radical (unpaired) electrons. The number of carbonyl (C=O) groups excluding carboxylic acids is 2. The summed E-state index contributed by atoms with van der Waals surface area (Å²) in [5.74, 6) is -0.0769. The van der Waals surface area contributed by atoms with Crippen molar-refractivity contribution in [3.05, 3.63) is 81.8 Å². The fourth-order valence-electron chi connectivity index (χ4n) is 4.25. The van der Waals surface area contributed by atoms with E-state index in [9.17, 15) is 14.0 Å². The molecule has 0 N–H and O–H groups in total. The number of halogens is 1. The summed E-state index contributed by atoms with van der Waals surface area (Å²) in [6.45, 7) is 0.959. The lowest BCUT2D eigenvalue weighted by Gasteiger charge is -2.37. The number of carbonyl (C=O) groups is 2. The van der Waals surface area contributed by atoms with Gasteiger partial charge in [0.1, 0.15) is 30.5 Å². The SMILES string of the molecule is COCCN(CC(=O)N1CCc2sccc2[C@@H]1COc1cccc(OC)c1)C(=O)c1ccccc1F. The minimum absolute atomic E-state index is 0.0712.